The van der Waals surface area contributed by atoms with Gasteiger partial charge in [0.25, 0.3) is 0 Å². The Morgan fingerprint density at radius 3 is 3.19 bits per heavy atom. The van der Waals surface area contributed by atoms with Crippen LogP contribution >= 0.6 is 21.6 Å². The number of rotatable bonds is 7. The third kappa shape index (κ3) is 4.25. The number of anilines is 1. The Kier molecular flexibility index (Phi) is 5.84. The van der Waals surface area contributed by atoms with Gasteiger partial charge in [0, 0.05) is 48.9 Å². The Hall–Kier alpha value is -1.48. The molecule has 2 aromatic rings. The van der Waals surface area contributed by atoms with E-state index in [0.29, 0.717) is 6.42 Å². The van der Waals surface area contributed by atoms with Crippen LogP contribution in [0.3, 0.4) is 0 Å². The van der Waals surface area contributed by atoms with Crippen molar-refractivity contribution in [1.29, 1.82) is 0 Å². The lowest BCUT2D eigenvalue weighted by Crippen LogP contribution is -2.37. The molecule has 0 aromatic carbocycles. The van der Waals surface area contributed by atoms with E-state index in [2.05, 4.69) is 25.4 Å². The zero-order chi connectivity index (χ0) is 17.8. The lowest BCUT2D eigenvalue weighted by molar-refractivity contribution is -0.121. The zero-order valence-corrected chi connectivity index (χ0v) is 16.3. The van der Waals surface area contributed by atoms with E-state index < -0.39 is 0 Å². The molecule has 0 saturated carbocycles. The molecule has 0 aliphatic carbocycles. The van der Waals surface area contributed by atoms with Gasteiger partial charge in [-0.1, -0.05) is 28.0 Å². The summed E-state index contributed by atoms with van der Waals surface area (Å²) in [5, 5.41) is 12.1. The molecule has 0 bridgehead atoms. The lowest BCUT2D eigenvalue weighted by Gasteiger charge is -2.18. The van der Waals surface area contributed by atoms with E-state index in [0.717, 1.165) is 49.1 Å². The standard InChI is InChI=1S/C17H24N6OS2/c24-15(4-2-1-3-14-6-10-25-26-14)20-13-5-8-22(11-13)16-17-21-19-12-23(17)9-7-18-16/h7,9,12-14H,1-6,8,10-11H2,(H,20,24)/t13-,14+/m0/s1. The quantitative estimate of drug-likeness (QED) is 0.573. The Morgan fingerprint density at radius 2 is 2.31 bits per heavy atom. The van der Waals surface area contributed by atoms with Gasteiger partial charge in [0.15, 0.2) is 5.82 Å². The Bertz CT molecular complexity index is 748. The topological polar surface area (TPSA) is 75.4 Å². The first-order valence-electron chi connectivity index (χ1n) is 9.26. The fraction of sp³-hybridized carbons (Fsp3) is 0.647. The number of aromatic nitrogens is 4. The van der Waals surface area contributed by atoms with Crippen LogP contribution in [0.5, 0.6) is 0 Å². The first kappa shape index (κ1) is 17.9. The molecule has 2 saturated heterocycles. The number of hydrogen-bond acceptors (Lipinski definition) is 7. The minimum Gasteiger partial charge on any atom is -0.352 e. The van der Waals surface area contributed by atoms with Gasteiger partial charge in [0.2, 0.25) is 11.6 Å². The first-order chi connectivity index (χ1) is 12.8. The van der Waals surface area contributed by atoms with Crippen LogP contribution in [-0.2, 0) is 4.79 Å². The van der Waals surface area contributed by atoms with E-state index in [-0.39, 0.29) is 11.9 Å². The van der Waals surface area contributed by atoms with E-state index >= 15 is 0 Å². The molecule has 2 fully saturated rings. The lowest BCUT2D eigenvalue weighted by atomic mass is 10.1. The number of unbranched alkanes of at least 4 members (excludes halogenated alkanes) is 1. The van der Waals surface area contributed by atoms with Crippen LogP contribution in [-0.4, -0.2) is 55.6 Å². The van der Waals surface area contributed by atoms with Crippen molar-refractivity contribution in [2.45, 2.75) is 49.8 Å². The fourth-order valence-electron chi connectivity index (χ4n) is 3.56. The first-order valence-corrected chi connectivity index (χ1v) is 11.6. The number of fused-ring (bicyclic) bond motifs is 1. The monoisotopic (exact) mass is 392 g/mol. The Labute approximate surface area is 161 Å². The highest BCUT2D eigenvalue weighted by Crippen LogP contribution is 2.39. The molecule has 1 amide bonds. The molecule has 0 unspecified atom stereocenters. The van der Waals surface area contributed by atoms with Crippen molar-refractivity contribution in [3.63, 3.8) is 0 Å². The van der Waals surface area contributed by atoms with Crippen molar-refractivity contribution in [3.05, 3.63) is 18.7 Å². The van der Waals surface area contributed by atoms with Crippen molar-refractivity contribution >= 4 is 39.0 Å². The average Bonchev–Trinajstić information content (AvgIpc) is 3.39. The molecular formula is C17H24N6OS2. The van der Waals surface area contributed by atoms with E-state index in [9.17, 15) is 4.79 Å². The summed E-state index contributed by atoms with van der Waals surface area (Å²) in [5.74, 6) is 2.30. The summed E-state index contributed by atoms with van der Waals surface area (Å²) < 4.78 is 1.87. The van der Waals surface area contributed by atoms with Crippen molar-refractivity contribution in [2.75, 3.05) is 23.7 Å². The summed E-state index contributed by atoms with van der Waals surface area (Å²) in [4.78, 5) is 18.9. The zero-order valence-electron chi connectivity index (χ0n) is 14.7. The molecule has 4 rings (SSSR count). The molecule has 4 heterocycles. The Balaban J connectivity index is 1.21. The van der Waals surface area contributed by atoms with Crippen LogP contribution in [0.15, 0.2) is 18.7 Å². The maximum absolute atomic E-state index is 12.2. The highest BCUT2D eigenvalue weighted by molar-refractivity contribution is 8.77. The van der Waals surface area contributed by atoms with Gasteiger partial charge in [0.05, 0.1) is 0 Å². The second kappa shape index (κ2) is 8.47. The number of hydrogen-bond donors (Lipinski definition) is 1. The summed E-state index contributed by atoms with van der Waals surface area (Å²) in [6.07, 6.45) is 11.6. The molecule has 7 nitrogen and oxygen atoms in total. The Morgan fingerprint density at radius 1 is 1.35 bits per heavy atom. The van der Waals surface area contributed by atoms with E-state index in [1.54, 1.807) is 12.5 Å². The van der Waals surface area contributed by atoms with E-state index in [4.69, 9.17) is 0 Å². The van der Waals surface area contributed by atoms with Gasteiger partial charge in [-0.2, -0.15) is 0 Å². The molecule has 26 heavy (non-hydrogen) atoms. The van der Waals surface area contributed by atoms with Crippen LogP contribution < -0.4 is 10.2 Å². The van der Waals surface area contributed by atoms with Crippen LogP contribution in [0.25, 0.3) is 5.65 Å². The summed E-state index contributed by atoms with van der Waals surface area (Å²) >= 11 is 0. The summed E-state index contributed by atoms with van der Waals surface area (Å²) in [5.41, 5.74) is 0.766. The molecule has 1 N–H and O–H groups in total. The minimum atomic E-state index is 0.180. The van der Waals surface area contributed by atoms with Gasteiger partial charge in [-0.25, -0.2) is 4.98 Å². The van der Waals surface area contributed by atoms with Gasteiger partial charge >= 0.3 is 0 Å². The maximum Gasteiger partial charge on any atom is 0.220 e. The van der Waals surface area contributed by atoms with Gasteiger partial charge < -0.3 is 10.2 Å². The summed E-state index contributed by atoms with van der Waals surface area (Å²) in [7, 11) is 4.01. The normalized spacial score (nSPS) is 23.0. The number of nitrogens with zero attached hydrogens (tertiary/aromatic N) is 5. The molecule has 2 aliphatic rings. The molecular weight excluding hydrogens is 368 g/mol. The van der Waals surface area contributed by atoms with E-state index in [1.807, 2.05) is 32.2 Å². The number of nitrogens with one attached hydrogen (secondary N) is 1. The molecule has 2 aromatic heterocycles. The predicted molar refractivity (Wildman–Crippen MR) is 106 cm³/mol. The number of amides is 1. The number of carbonyl (C=O) groups is 1. The van der Waals surface area contributed by atoms with Crippen LogP contribution in [0.2, 0.25) is 0 Å². The van der Waals surface area contributed by atoms with Crippen LogP contribution in [0, 0.1) is 0 Å². The maximum atomic E-state index is 12.2. The van der Waals surface area contributed by atoms with Gasteiger partial charge in [-0.3, -0.25) is 9.20 Å². The fourth-order valence-corrected chi connectivity index (χ4v) is 6.59. The summed E-state index contributed by atoms with van der Waals surface area (Å²) in [6, 6.07) is 0.189. The second-order valence-electron chi connectivity index (χ2n) is 6.89. The van der Waals surface area contributed by atoms with Crippen LogP contribution in [0.4, 0.5) is 5.82 Å². The predicted octanol–water partition coefficient (Wildman–Crippen LogP) is 2.53. The van der Waals surface area contributed by atoms with Crippen molar-refractivity contribution in [2.24, 2.45) is 0 Å². The van der Waals surface area contributed by atoms with Crippen molar-refractivity contribution in [1.82, 2.24) is 24.9 Å². The largest absolute Gasteiger partial charge is 0.352 e. The van der Waals surface area contributed by atoms with Crippen molar-refractivity contribution in [3.8, 4) is 0 Å². The molecule has 0 spiro atoms. The molecule has 140 valence electrons. The van der Waals surface area contributed by atoms with Crippen molar-refractivity contribution < 1.29 is 4.79 Å². The molecule has 0 radical (unpaired) electrons. The number of carbonyl (C=O) groups excluding carboxylic acids is 1. The second-order valence-corrected chi connectivity index (χ2v) is 9.67. The van der Waals surface area contributed by atoms with Crippen LogP contribution in [0.1, 0.15) is 38.5 Å². The smallest absolute Gasteiger partial charge is 0.220 e. The highest BCUT2D eigenvalue weighted by Gasteiger charge is 2.26. The molecule has 2 aliphatic heterocycles. The highest BCUT2D eigenvalue weighted by atomic mass is 33.1. The SMILES string of the molecule is O=C(CCCC[C@@H]1CCSS1)N[C@H]1CCN(c2nccn3cnnc23)C1. The average molecular weight is 393 g/mol. The minimum absolute atomic E-state index is 0.180. The van der Waals surface area contributed by atoms with Gasteiger partial charge in [-0.05, 0) is 25.7 Å². The third-order valence-electron chi connectivity index (χ3n) is 4.96. The molecule has 2 atom stereocenters. The van der Waals surface area contributed by atoms with E-state index in [1.165, 1.54) is 18.6 Å². The summed E-state index contributed by atoms with van der Waals surface area (Å²) in [6.45, 7) is 1.66. The molecule has 9 heteroatoms. The van der Waals surface area contributed by atoms with Gasteiger partial charge in [0.1, 0.15) is 6.33 Å². The third-order valence-corrected chi connectivity index (χ3v) is 7.96. The van der Waals surface area contributed by atoms with Gasteiger partial charge in [-0.15, -0.1) is 10.2 Å².